The zero-order valence-electron chi connectivity index (χ0n) is 11.9. The van der Waals surface area contributed by atoms with E-state index in [0.29, 0.717) is 5.92 Å². The normalized spacial score (nSPS) is 23.9. The fourth-order valence-corrected chi connectivity index (χ4v) is 3.54. The third-order valence-corrected chi connectivity index (χ3v) is 4.61. The van der Waals surface area contributed by atoms with Crippen molar-refractivity contribution < 1.29 is 0 Å². The van der Waals surface area contributed by atoms with Crippen LogP contribution in [0.5, 0.6) is 0 Å². The first-order valence-corrected chi connectivity index (χ1v) is 7.46. The third kappa shape index (κ3) is 2.40. The largest absolute Gasteiger partial charge is 0.316 e. The number of hydrogen-bond donors (Lipinski definition) is 1. The zero-order valence-corrected chi connectivity index (χ0v) is 11.9. The average molecular weight is 253 g/mol. The fourth-order valence-electron chi connectivity index (χ4n) is 3.54. The van der Waals surface area contributed by atoms with Gasteiger partial charge in [0.25, 0.3) is 0 Å². The van der Waals surface area contributed by atoms with Gasteiger partial charge in [-0.05, 0) is 53.6 Å². The molecule has 1 N–H and O–H groups in total. The van der Waals surface area contributed by atoms with Crippen LogP contribution < -0.4 is 5.32 Å². The molecule has 100 valence electrons. The highest BCUT2D eigenvalue weighted by Gasteiger charge is 2.29. The Labute approximate surface area is 116 Å². The van der Waals surface area contributed by atoms with E-state index in [9.17, 15) is 0 Å². The van der Waals surface area contributed by atoms with Crippen LogP contribution in [0.25, 0.3) is 10.8 Å². The lowest BCUT2D eigenvalue weighted by Gasteiger charge is -2.36. The SMILES string of the molecule is CC(C)C1CNCCC1c1cccc2ccccc12. The maximum absolute atomic E-state index is 3.56. The van der Waals surface area contributed by atoms with Crippen molar-refractivity contribution in [3.8, 4) is 0 Å². The summed E-state index contributed by atoms with van der Waals surface area (Å²) in [6.45, 7) is 7.02. The van der Waals surface area contributed by atoms with Gasteiger partial charge < -0.3 is 5.32 Å². The van der Waals surface area contributed by atoms with Gasteiger partial charge in [0.2, 0.25) is 0 Å². The number of rotatable bonds is 2. The number of hydrogen-bond acceptors (Lipinski definition) is 1. The Hall–Kier alpha value is -1.34. The van der Waals surface area contributed by atoms with E-state index in [0.717, 1.165) is 24.9 Å². The summed E-state index contributed by atoms with van der Waals surface area (Å²) in [7, 11) is 0. The van der Waals surface area contributed by atoms with Gasteiger partial charge in [0.05, 0.1) is 0 Å². The van der Waals surface area contributed by atoms with Crippen molar-refractivity contribution in [3.05, 3.63) is 48.0 Å². The summed E-state index contributed by atoms with van der Waals surface area (Å²) in [6, 6.07) is 15.6. The van der Waals surface area contributed by atoms with Gasteiger partial charge in [-0.1, -0.05) is 56.3 Å². The second-order valence-electron chi connectivity index (χ2n) is 6.08. The Balaban J connectivity index is 2.07. The molecule has 2 atom stereocenters. The number of benzene rings is 2. The first-order valence-electron chi connectivity index (χ1n) is 7.46. The van der Waals surface area contributed by atoms with Gasteiger partial charge in [-0.3, -0.25) is 0 Å². The van der Waals surface area contributed by atoms with Gasteiger partial charge in [-0.2, -0.15) is 0 Å². The maximum atomic E-state index is 3.56. The van der Waals surface area contributed by atoms with Crippen molar-refractivity contribution in [2.75, 3.05) is 13.1 Å². The molecule has 19 heavy (non-hydrogen) atoms. The summed E-state index contributed by atoms with van der Waals surface area (Å²) in [5, 5.41) is 6.39. The molecule has 2 unspecified atom stereocenters. The monoisotopic (exact) mass is 253 g/mol. The van der Waals surface area contributed by atoms with Crippen LogP contribution in [0.15, 0.2) is 42.5 Å². The minimum absolute atomic E-state index is 0.701. The summed E-state index contributed by atoms with van der Waals surface area (Å²) in [4.78, 5) is 0. The zero-order chi connectivity index (χ0) is 13.2. The van der Waals surface area contributed by atoms with Crippen LogP contribution in [-0.2, 0) is 0 Å². The van der Waals surface area contributed by atoms with Gasteiger partial charge in [-0.15, -0.1) is 0 Å². The predicted octanol–water partition coefficient (Wildman–Crippen LogP) is 4.19. The summed E-state index contributed by atoms with van der Waals surface area (Å²) in [6.07, 6.45) is 1.26. The Kier molecular flexibility index (Phi) is 3.56. The van der Waals surface area contributed by atoms with Crippen molar-refractivity contribution in [1.29, 1.82) is 0 Å². The lowest BCUT2D eigenvalue weighted by Crippen LogP contribution is -2.38. The van der Waals surface area contributed by atoms with E-state index < -0.39 is 0 Å². The van der Waals surface area contributed by atoms with Crippen LogP contribution in [0, 0.1) is 11.8 Å². The lowest BCUT2D eigenvalue weighted by atomic mass is 9.74. The standard InChI is InChI=1S/C18H23N/c1-13(2)18-12-19-11-10-17(18)16-9-5-7-14-6-3-4-8-15(14)16/h3-9,13,17-19H,10-12H2,1-2H3. The molecule has 1 fully saturated rings. The quantitative estimate of drug-likeness (QED) is 0.846. The van der Waals surface area contributed by atoms with Crippen LogP contribution in [0.4, 0.5) is 0 Å². The van der Waals surface area contributed by atoms with E-state index in [2.05, 4.69) is 61.6 Å². The number of nitrogens with one attached hydrogen (secondary N) is 1. The van der Waals surface area contributed by atoms with Crippen LogP contribution >= 0.6 is 0 Å². The van der Waals surface area contributed by atoms with Crippen molar-refractivity contribution >= 4 is 10.8 Å². The molecule has 1 heterocycles. The molecule has 1 heteroatoms. The first-order chi connectivity index (χ1) is 9.27. The molecule has 2 aromatic carbocycles. The van der Waals surface area contributed by atoms with Crippen molar-refractivity contribution in [2.45, 2.75) is 26.2 Å². The molecular formula is C18H23N. The highest BCUT2D eigenvalue weighted by Crippen LogP contribution is 2.38. The third-order valence-electron chi connectivity index (χ3n) is 4.61. The summed E-state index contributed by atoms with van der Waals surface area (Å²) >= 11 is 0. The highest BCUT2D eigenvalue weighted by molar-refractivity contribution is 5.86. The van der Waals surface area contributed by atoms with Crippen molar-refractivity contribution in [2.24, 2.45) is 11.8 Å². The molecule has 0 radical (unpaired) electrons. The van der Waals surface area contributed by atoms with Crippen LogP contribution in [0.1, 0.15) is 31.7 Å². The molecule has 0 aliphatic carbocycles. The Morgan fingerprint density at radius 1 is 1.05 bits per heavy atom. The molecule has 1 nitrogen and oxygen atoms in total. The second-order valence-corrected chi connectivity index (χ2v) is 6.08. The van der Waals surface area contributed by atoms with Gasteiger partial charge in [0.15, 0.2) is 0 Å². The first kappa shape index (κ1) is 12.7. The molecular weight excluding hydrogens is 230 g/mol. The van der Waals surface area contributed by atoms with Gasteiger partial charge in [0.1, 0.15) is 0 Å². The van der Waals surface area contributed by atoms with Crippen LogP contribution in [0.3, 0.4) is 0 Å². The van der Waals surface area contributed by atoms with Crippen molar-refractivity contribution in [3.63, 3.8) is 0 Å². The van der Waals surface area contributed by atoms with E-state index in [1.165, 1.54) is 17.2 Å². The molecule has 3 rings (SSSR count). The van der Waals surface area contributed by atoms with Crippen molar-refractivity contribution in [1.82, 2.24) is 5.32 Å². The molecule has 0 bridgehead atoms. The summed E-state index contributed by atoms with van der Waals surface area (Å²) in [5.41, 5.74) is 1.55. The lowest BCUT2D eigenvalue weighted by molar-refractivity contribution is 0.256. The Morgan fingerprint density at radius 3 is 2.68 bits per heavy atom. The summed E-state index contributed by atoms with van der Waals surface area (Å²) in [5.74, 6) is 2.18. The minimum Gasteiger partial charge on any atom is -0.316 e. The maximum Gasteiger partial charge on any atom is -0.00122 e. The molecule has 0 amide bonds. The average Bonchev–Trinajstić information content (AvgIpc) is 2.46. The number of piperidine rings is 1. The Bertz CT molecular complexity index is 553. The predicted molar refractivity (Wildman–Crippen MR) is 82.5 cm³/mol. The van der Waals surface area contributed by atoms with Gasteiger partial charge >= 0.3 is 0 Å². The minimum atomic E-state index is 0.701. The summed E-state index contributed by atoms with van der Waals surface area (Å²) < 4.78 is 0. The highest BCUT2D eigenvalue weighted by atomic mass is 14.9. The van der Waals surface area contributed by atoms with Crippen LogP contribution in [0.2, 0.25) is 0 Å². The van der Waals surface area contributed by atoms with E-state index in [-0.39, 0.29) is 0 Å². The molecule has 0 saturated carbocycles. The topological polar surface area (TPSA) is 12.0 Å². The molecule has 0 spiro atoms. The fraction of sp³-hybridized carbons (Fsp3) is 0.444. The van der Waals surface area contributed by atoms with E-state index >= 15 is 0 Å². The van der Waals surface area contributed by atoms with Gasteiger partial charge in [-0.25, -0.2) is 0 Å². The van der Waals surface area contributed by atoms with Crippen LogP contribution in [-0.4, -0.2) is 13.1 Å². The van der Waals surface area contributed by atoms with Gasteiger partial charge in [0, 0.05) is 0 Å². The Morgan fingerprint density at radius 2 is 1.84 bits per heavy atom. The molecule has 1 saturated heterocycles. The molecule has 1 aliphatic heterocycles. The van der Waals surface area contributed by atoms with E-state index in [1.54, 1.807) is 5.56 Å². The smallest absolute Gasteiger partial charge is 0.00122 e. The van der Waals surface area contributed by atoms with E-state index in [4.69, 9.17) is 0 Å². The van der Waals surface area contributed by atoms with E-state index in [1.807, 2.05) is 0 Å². The number of fused-ring (bicyclic) bond motifs is 1. The second kappa shape index (κ2) is 5.34. The molecule has 1 aliphatic rings. The molecule has 2 aromatic rings. The molecule has 0 aromatic heterocycles.